The summed E-state index contributed by atoms with van der Waals surface area (Å²) in [6.07, 6.45) is 0. The summed E-state index contributed by atoms with van der Waals surface area (Å²) in [5.74, 6) is -0.906. The normalized spacial score (nSPS) is 10.9. The Labute approximate surface area is 94.9 Å². The summed E-state index contributed by atoms with van der Waals surface area (Å²) < 4.78 is 3.14. The Morgan fingerprint density at radius 3 is 2.77 bits per heavy atom. The topological polar surface area (TPSA) is 37.3 Å². The Hall–Kier alpha value is -0.100. The van der Waals surface area contributed by atoms with E-state index in [0.717, 1.165) is 9.40 Å². The molecular formula is C7H2BrClO2S2. The molecule has 0 bridgehead atoms. The van der Waals surface area contributed by atoms with Crippen LogP contribution in [0.15, 0.2) is 10.5 Å². The lowest BCUT2D eigenvalue weighted by Crippen LogP contribution is -1.91. The van der Waals surface area contributed by atoms with Crippen molar-refractivity contribution in [2.45, 2.75) is 0 Å². The van der Waals surface area contributed by atoms with Gasteiger partial charge >= 0.3 is 5.97 Å². The second kappa shape index (κ2) is 3.24. The van der Waals surface area contributed by atoms with E-state index in [2.05, 4.69) is 15.9 Å². The van der Waals surface area contributed by atoms with Gasteiger partial charge in [0.05, 0.1) is 13.5 Å². The minimum atomic E-state index is -0.906. The maximum atomic E-state index is 10.7. The minimum Gasteiger partial charge on any atom is -0.477 e. The van der Waals surface area contributed by atoms with Gasteiger partial charge < -0.3 is 5.11 Å². The van der Waals surface area contributed by atoms with Crippen molar-refractivity contribution in [3.8, 4) is 0 Å². The zero-order chi connectivity index (χ0) is 9.59. The second-order valence-corrected chi connectivity index (χ2v) is 5.82. The lowest BCUT2D eigenvalue weighted by molar-refractivity contribution is 0.0701. The molecule has 0 saturated heterocycles. The number of thiophene rings is 2. The lowest BCUT2D eigenvalue weighted by Gasteiger charge is -1.86. The number of carbonyl (C=O) groups is 1. The van der Waals surface area contributed by atoms with Crippen molar-refractivity contribution in [3.63, 3.8) is 0 Å². The molecule has 0 radical (unpaired) electrons. The molecule has 1 N–H and O–H groups in total. The average molecular weight is 298 g/mol. The maximum Gasteiger partial charge on any atom is 0.347 e. The molecule has 2 aromatic rings. The molecule has 6 heteroatoms. The van der Waals surface area contributed by atoms with Gasteiger partial charge in [0.2, 0.25) is 0 Å². The molecule has 2 rings (SSSR count). The van der Waals surface area contributed by atoms with E-state index < -0.39 is 5.97 Å². The van der Waals surface area contributed by atoms with Crippen LogP contribution >= 0.6 is 50.2 Å². The number of halogens is 2. The number of fused-ring (bicyclic) bond motifs is 1. The molecule has 2 nitrogen and oxygen atoms in total. The maximum absolute atomic E-state index is 10.7. The van der Waals surface area contributed by atoms with Gasteiger partial charge in [0.1, 0.15) is 4.88 Å². The SMILES string of the molecule is O=C(O)c1sc2cc(Cl)sc2c1Br. The Kier molecular flexibility index (Phi) is 2.35. The molecule has 0 saturated carbocycles. The fourth-order valence-corrected chi connectivity index (χ4v) is 4.36. The third-order valence-electron chi connectivity index (χ3n) is 1.47. The van der Waals surface area contributed by atoms with Gasteiger partial charge in [-0.15, -0.1) is 22.7 Å². The Morgan fingerprint density at radius 2 is 2.23 bits per heavy atom. The standard InChI is InChI=1S/C7H2BrClO2S2/c8-4-5-2(1-3(9)13-5)12-6(4)7(10)11/h1H,(H,10,11). The van der Waals surface area contributed by atoms with E-state index >= 15 is 0 Å². The smallest absolute Gasteiger partial charge is 0.347 e. The van der Waals surface area contributed by atoms with Crippen molar-refractivity contribution < 1.29 is 9.90 Å². The van der Waals surface area contributed by atoms with Crippen LogP contribution in [0, 0.1) is 0 Å². The van der Waals surface area contributed by atoms with Crippen LogP contribution in [-0.4, -0.2) is 11.1 Å². The molecule has 0 aromatic carbocycles. The molecule has 0 aliphatic rings. The summed E-state index contributed by atoms with van der Waals surface area (Å²) in [6.45, 7) is 0. The van der Waals surface area contributed by atoms with Crippen molar-refractivity contribution in [1.29, 1.82) is 0 Å². The molecule has 2 heterocycles. The first-order chi connectivity index (χ1) is 6.09. The molecular weight excluding hydrogens is 296 g/mol. The number of carboxylic acid groups (broad SMARTS) is 1. The third-order valence-corrected chi connectivity index (χ3v) is 5.33. The monoisotopic (exact) mass is 296 g/mol. The number of hydrogen-bond donors (Lipinski definition) is 1. The van der Waals surface area contributed by atoms with Crippen LogP contribution in [0.4, 0.5) is 0 Å². The van der Waals surface area contributed by atoms with Gasteiger partial charge in [-0.3, -0.25) is 0 Å². The van der Waals surface area contributed by atoms with Crippen LogP contribution < -0.4 is 0 Å². The van der Waals surface area contributed by atoms with E-state index in [1.54, 1.807) is 6.07 Å². The number of aromatic carboxylic acids is 1. The molecule has 13 heavy (non-hydrogen) atoms. The first kappa shape index (κ1) is 9.45. The number of hydrogen-bond acceptors (Lipinski definition) is 3. The quantitative estimate of drug-likeness (QED) is 0.861. The van der Waals surface area contributed by atoms with Gasteiger partial charge in [-0.2, -0.15) is 0 Å². The van der Waals surface area contributed by atoms with E-state index in [-0.39, 0.29) is 0 Å². The van der Waals surface area contributed by atoms with E-state index in [0.29, 0.717) is 13.7 Å². The van der Waals surface area contributed by atoms with Crippen molar-refractivity contribution in [1.82, 2.24) is 0 Å². The molecule has 0 aliphatic heterocycles. The molecule has 0 atom stereocenters. The van der Waals surface area contributed by atoms with Crippen LogP contribution in [0.5, 0.6) is 0 Å². The van der Waals surface area contributed by atoms with E-state index in [4.69, 9.17) is 16.7 Å². The zero-order valence-electron chi connectivity index (χ0n) is 6.01. The van der Waals surface area contributed by atoms with Gasteiger partial charge in [-0.1, -0.05) is 11.6 Å². The highest BCUT2D eigenvalue weighted by molar-refractivity contribution is 9.10. The van der Waals surface area contributed by atoms with Crippen molar-refractivity contribution in [2.75, 3.05) is 0 Å². The first-order valence-corrected chi connectivity index (χ1v) is 6.00. The average Bonchev–Trinajstić information content (AvgIpc) is 2.51. The van der Waals surface area contributed by atoms with E-state index in [9.17, 15) is 4.79 Å². The van der Waals surface area contributed by atoms with Gasteiger partial charge in [-0.05, 0) is 22.0 Å². The van der Waals surface area contributed by atoms with Crippen LogP contribution in [0.3, 0.4) is 0 Å². The van der Waals surface area contributed by atoms with Crippen molar-refractivity contribution >= 4 is 65.6 Å². The molecule has 0 spiro atoms. The van der Waals surface area contributed by atoms with Gasteiger partial charge in [-0.25, -0.2) is 4.79 Å². The van der Waals surface area contributed by atoms with Crippen molar-refractivity contribution in [2.24, 2.45) is 0 Å². The molecule has 0 fully saturated rings. The molecule has 0 aliphatic carbocycles. The second-order valence-electron chi connectivity index (χ2n) is 2.29. The fraction of sp³-hybridized carbons (Fsp3) is 0. The Morgan fingerprint density at radius 1 is 1.54 bits per heavy atom. The highest BCUT2D eigenvalue weighted by Gasteiger charge is 2.17. The highest BCUT2D eigenvalue weighted by atomic mass is 79.9. The summed E-state index contributed by atoms with van der Waals surface area (Å²) in [6, 6.07) is 1.78. The van der Waals surface area contributed by atoms with Crippen LogP contribution in [0.1, 0.15) is 9.67 Å². The Bertz CT molecular complexity index is 488. The largest absolute Gasteiger partial charge is 0.477 e. The summed E-state index contributed by atoms with van der Waals surface area (Å²) in [5, 5.41) is 8.81. The predicted molar refractivity (Wildman–Crippen MR) is 59.4 cm³/mol. The minimum absolute atomic E-state index is 0.331. The molecule has 68 valence electrons. The molecule has 2 aromatic heterocycles. The zero-order valence-corrected chi connectivity index (χ0v) is 9.98. The molecule has 0 unspecified atom stereocenters. The van der Waals surface area contributed by atoms with Gasteiger partial charge in [0.15, 0.2) is 0 Å². The highest BCUT2D eigenvalue weighted by Crippen LogP contribution is 2.42. The summed E-state index contributed by atoms with van der Waals surface area (Å²) >= 11 is 11.6. The summed E-state index contributed by atoms with van der Waals surface area (Å²) in [4.78, 5) is 11.1. The predicted octanol–water partition coefficient (Wildman–Crippen LogP) is 4.08. The summed E-state index contributed by atoms with van der Waals surface area (Å²) in [7, 11) is 0. The fourth-order valence-electron chi connectivity index (χ4n) is 0.970. The number of carboxylic acids is 1. The lowest BCUT2D eigenvalue weighted by atomic mass is 10.4. The summed E-state index contributed by atoms with van der Waals surface area (Å²) in [5.41, 5.74) is 0. The van der Waals surface area contributed by atoms with Crippen LogP contribution in [-0.2, 0) is 0 Å². The molecule has 0 amide bonds. The number of rotatable bonds is 1. The van der Waals surface area contributed by atoms with Crippen LogP contribution in [0.25, 0.3) is 9.40 Å². The van der Waals surface area contributed by atoms with Crippen LogP contribution in [0.2, 0.25) is 4.34 Å². The third kappa shape index (κ3) is 1.50. The van der Waals surface area contributed by atoms with Gasteiger partial charge in [0, 0.05) is 4.70 Å². The van der Waals surface area contributed by atoms with Crippen molar-refractivity contribution in [3.05, 3.63) is 19.8 Å². The Balaban J connectivity index is 2.76. The van der Waals surface area contributed by atoms with E-state index in [1.165, 1.54) is 22.7 Å². The van der Waals surface area contributed by atoms with E-state index in [1.807, 2.05) is 0 Å². The van der Waals surface area contributed by atoms with Gasteiger partial charge in [0.25, 0.3) is 0 Å². The first-order valence-electron chi connectivity index (χ1n) is 3.20.